The minimum Gasteiger partial charge on any atom is -0.395 e. The lowest BCUT2D eigenvalue weighted by atomic mass is 9.92. The number of carbonyl (C=O) groups excluding carboxylic acids is 1. The van der Waals surface area contributed by atoms with Gasteiger partial charge in [-0.15, -0.1) is 0 Å². The van der Waals surface area contributed by atoms with Crippen LogP contribution in [0.25, 0.3) is 22.2 Å². The molecule has 1 amide bonds. The van der Waals surface area contributed by atoms with Crippen molar-refractivity contribution in [2.45, 2.75) is 44.4 Å². The molecular weight excluding hydrogens is 564 g/mol. The summed E-state index contributed by atoms with van der Waals surface area (Å²) in [7, 11) is -3.72. The van der Waals surface area contributed by atoms with Crippen LogP contribution in [-0.4, -0.2) is 68.9 Å². The van der Waals surface area contributed by atoms with Gasteiger partial charge in [-0.3, -0.25) is 9.52 Å². The highest BCUT2D eigenvalue weighted by atomic mass is 32.2. The molecule has 0 atom stereocenters. The van der Waals surface area contributed by atoms with Crippen molar-refractivity contribution in [3.05, 3.63) is 48.0 Å². The molecule has 3 aliphatic rings. The molecule has 0 radical (unpaired) electrons. The Bertz CT molecular complexity index is 1620. The molecule has 3 fully saturated rings. The van der Waals surface area contributed by atoms with Gasteiger partial charge in [-0.1, -0.05) is 6.07 Å². The molecular formula is C30H35F2N5O4S. The van der Waals surface area contributed by atoms with Crippen LogP contribution in [0.1, 0.15) is 48.9 Å². The molecule has 6 rings (SSSR count). The molecule has 3 aromatic rings. The number of primary amides is 1. The molecule has 3 heterocycles. The lowest BCUT2D eigenvalue weighted by Gasteiger charge is -2.35. The summed E-state index contributed by atoms with van der Waals surface area (Å²) in [6.07, 6.45) is 4.06. The number of nitrogens with one attached hydrogen (secondary N) is 1. The number of pyridine rings is 1. The number of anilines is 3. The van der Waals surface area contributed by atoms with Crippen molar-refractivity contribution in [2.24, 2.45) is 11.1 Å². The molecule has 1 aromatic heterocycles. The maximum Gasteiger partial charge on any atom is 0.251 e. The molecule has 1 spiro atoms. The first kappa shape index (κ1) is 28.6. The zero-order chi connectivity index (χ0) is 29.7. The average Bonchev–Trinajstić information content (AvgIpc) is 3.71. The number of aliphatic hydroxyl groups is 1. The Morgan fingerprint density at radius 2 is 1.60 bits per heavy atom. The monoisotopic (exact) mass is 599 g/mol. The van der Waals surface area contributed by atoms with Gasteiger partial charge in [-0.05, 0) is 67.5 Å². The predicted octanol–water partition coefficient (Wildman–Crippen LogP) is 4.35. The second kappa shape index (κ2) is 10.6. The van der Waals surface area contributed by atoms with E-state index in [4.69, 9.17) is 15.8 Å². The van der Waals surface area contributed by atoms with Gasteiger partial charge in [0.1, 0.15) is 0 Å². The van der Waals surface area contributed by atoms with E-state index < -0.39 is 34.2 Å². The predicted molar refractivity (Wildman–Crippen MR) is 160 cm³/mol. The van der Waals surface area contributed by atoms with Gasteiger partial charge in [0, 0.05) is 61.2 Å². The van der Waals surface area contributed by atoms with Gasteiger partial charge in [0.05, 0.1) is 34.9 Å². The molecule has 9 nitrogen and oxygen atoms in total. The quantitative estimate of drug-likeness (QED) is 0.351. The molecule has 42 heavy (non-hydrogen) atoms. The summed E-state index contributed by atoms with van der Waals surface area (Å²) in [6, 6.07) is 12.3. The van der Waals surface area contributed by atoms with E-state index in [0.29, 0.717) is 33.4 Å². The van der Waals surface area contributed by atoms with E-state index >= 15 is 0 Å². The van der Waals surface area contributed by atoms with Crippen molar-refractivity contribution in [3.8, 4) is 11.3 Å². The third-order valence-corrected chi connectivity index (χ3v) is 10.2. The highest BCUT2D eigenvalue weighted by molar-refractivity contribution is 7.92. The van der Waals surface area contributed by atoms with Gasteiger partial charge < -0.3 is 20.6 Å². The SMILES string of the molecule is NC(=O)c1cc(N2CCC(F)(F)CC2)c2nc(-c3ccc(NS(=O)(=O)CCO)cc3N3CCC4(CC3)CC4)ccc2c1. The van der Waals surface area contributed by atoms with Crippen LogP contribution in [0.5, 0.6) is 0 Å². The zero-order valence-electron chi connectivity index (χ0n) is 23.3. The molecule has 0 bridgehead atoms. The number of halogens is 2. The van der Waals surface area contributed by atoms with E-state index in [2.05, 4.69) is 9.62 Å². The van der Waals surface area contributed by atoms with Crippen LogP contribution in [0.2, 0.25) is 0 Å². The Morgan fingerprint density at radius 1 is 0.929 bits per heavy atom. The number of rotatable bonds is 8. The number of fused-ring (bicyclic) bond motifs is 1. The van der Waals surface area contributed by atoms with Gasteiger partial charge in [-0.2, -0.15) is 0 Å². The van der Waals surface area contributed by atoms with E-state index in [-0.39, 0.29) is 31.5 Å². The maximum absolute atomic E-state index is 14.0. The topological polar surface area (TPSA) is 129 Å². The highest BCUT2D eigenvalue weighted by Crippen LogP contribution is 2.54. The second-order valence-electron chi connectivity index (χ2n) is 11.8. The summed E-state index contributed by atoms with van der Waals surface area (Å²) in [5.74, 6) is -3.74. The number of amides is 1. The molecule has 1 saturated carbocycles. The first-order valence-electron chi connectivity index (χ1n) is 14.3. The van der Waals surface area contributed by atoms with Crippen molar-refractivity contribution < 1.29 is 27.1 Å². The molecule has 4 N–H and O–H groups in total. The van der Waals surface area contributed by atoms with Crippen LogP contribution in [0.3, 0.4) is 0 Å². The number of benzene rings is 2. The van der Waals surface area contributed by atoms with Gasteiger partial charge in [-0.25, -0.2) is 22.2 Å². The summed E-state index contributed by atoms with van der Waals surface area (Å²) in [6.45, 7) is 1.44. The Kier molecular flexibility index (Phi) is 7.25. The van der Waals surface area contributed by atoms with Crippen molar-refractivity contribution in [1.29, 1.82) is 0 Å². The molecule has 1 aliphatic carbocycles. The van der Waals surface area contributed by atoms with Gasteiger partial charge in [0.2, 0.25) is 15.9 Å². The normalized spacial score (nSPS) is 19.7. The number of hydrogen-bond donors (Lipinski definition) is 3. The summed E-state index contributed by atoms with van der Waals surface area (Å²) in [4.78, 5) is 21.2. The van der Waals surface area contributed by atoms with Crippen LogP contribution in [0, 0.1) is 5.41 Å². The standard InChI is InChI=1S/C30H35F2N5O4S/c31-30(32)9-13-37(14-10-30)26-18-21(28(33)39)17-20-1-4-24(34-27(20)26)23-3-2-22(35-42(40,41)16-15-38)19-25(23)36-11-7-29(5-6-29)8-12-36/h1-4,17-19,35,38H,5-16H2,(H2,33,39). The number of hydrogen-bond acceptors (Lipinski definition) is 7. The number of sulfonamides is 1. The number of nitrogens with zero attached hydrogens (tertiary/aromatic N) is 3. The van der Waals surface area contributed by atoms with Gasteiger partial charge in [0.15, 0.2) is 0 Å². The Morgan fingerprint density at radius 3 is 2.24 bits per heavy atom. The summed E-state index contributed by atoms with van der Waals surface area (Å²) < 4.78 is 55.3. The third-order valence-electron chi connectivity index (χ3n) is 8.92. The average molecular weight is 600 g/mol. The smallest absolute Gasteiger partial charge is 0.251 e. The van der Waals surface area contributed by atoms with Crippen LogP contribution >= 0.6 is 0 Å². The third kappa shape index (κ3) is 5.87. The summed E-state index contributed by atoms with van der Waals surface area (Å²) in [5, 5.41) is 9.83. The number of nitrogens with two attached hydrogens (primary N) is 1. The summed E-state index contributed by atoms with van der Waals surface area (Å²) in [5.41, 5.74) is 10.2. The van der Waals surface area contributed by atoms with Crippen molar-refractivity contribution >= 4 is 43.9 Å². The van der Waals surface area contributed by atoms with E-state index in [9.17, 15) is 22.0 Å². The Balaban J connectivity index is 1.43. The number of piperidine rings is 2. The summed E-state index contributed by atoms with van der Waals surface area (Å²) >= 11 is 0. The lowest BCUT2D eigenvalue weighted by molar-refractivity contribution is -0.0220. The first-order valence-corrected chi connectivity index (χ1v) is 16.0. The molecule has 224 valence electrons. The number of alkyl halides is 2. The highest BCUT2D eigenvalue weighted by Gasteiger charge is 2.44. The van der Waals surface area contributed by atoms with E-state index in [1.54, 1.807) is 18.2 Å². The van der Waals surface area contributed by atoms with Crippen molar-refractivity contribution in [3.63, 3.8) is 0 Å². The fourth-order valence-electron chi connectivity index (χ4n) is 6.15. The molecule has 0 unspecified atom stereocenters. The maximum atomic E-state index is 14.0. The minimum atomic E-state index is -3.72. The zero-order valence-corrected chi connectivity index (χ0v) is 24.1. The molecule has 2 saturated heterocycles. The van der Waals surface area contributed by atoms with Crippen LogP contribution in [0.4, 0.5) is 25.8 Å². The first-order chi connectivity index (χ1) is 20.0. The molecule has 2 aromatic carbocycles. The fourth-order valence-corrected chi connectivity index (χ4v) is 6.98. The Hall–Kier alpha value is -3.51. The number of aromatic nitrogens is 1. The molecule has 2 aliphatic heterocycles. The lowest BCUT2D eigenvalue weighted by Crippen LogP contribution is -2.39. The van der Waals surface area contributed by atoms with Crippen molar-refractivity contribution in [1.82, 2.24) is 4.98 Å². The van der Waals surface area contributed by atoms with E-state index in [0.717, 1.165) is 37.2 Å². The van der Waals surface area contributed by atoms with Gasteiger partial charge in [0.25, 0.3) is 5.92 Å². The van der Waals surface area contributed by atoms with Crippen LogP contribution in [0.15, 0.2) is 42.5 Å². The van der Waals surface area contributed by atoms with Crippen LogP contribution in [-0.2, 0) is 10.0 Å². The number of carbonyl (C=O) groups is 1. The van der Waals surface area contributed by atoms with E-state index in [1.807, 2.05) is 29.2 Å². The largest absolute Gasteiger partial charge is 0.395 e. The fraction of sp³-hybridized carbons (Fsp3) is 0.467. The minimum absolute atomic E-state index is 0.125. The van der Waals surface area contributed by atoms with Gasteiger partial charge >= 0.3 is 0 Å². The number of aliphatic hydroxyl groups excluding tert-OH is 1. The molecule has 12 heteroatoms. The Labute approximate surface area is 243 Å². The van der Waals surface area contributed by atoms with Crippen molar-refractivity contribution in [2.75, 3.05) is 53.1 Å². The van der Waals surface area contributed by atoms with E-state index in [1.165, 1.54) is 12.8 Å². The second-order valence-corrected chi connectivity index (χ2v) is 13.7. The van der Waals surface area contributed by atoms with Crippen LogP contribution < -0.4 is 20.3 Å².